The highest BCUT2D eigenvalue weighted by Gasteiger charge is 2.26. The molecular formula is C14H20N6OS. The zero-order valence-electron chi connectivity index (χ0n) is 12.6. The van der Waals surface area contributed by atoms with Gasteiger partial charge in [-0.2, -0.15) is 4.98 Å². The van der Waals surface area contributed by atoms with Gasteiger partial charge in [-0.05, 0) is 17.7 Å². The summed E-state index contributed by atoms with van der Waals surface area (Å²) in [6.07, 6.45) is 0.0716. The van der Waals surface area contributed by atoms with Crippen LogP contribution in [0.25, 0.3) is 0 Å². The van der Waals surface area contributed by atoms with Crippen molar-refractivity contribution in [2.45, 2.75) is 17.5 Å². The van der Waals surface area contributed by atoms with E-state index in [1.807, 2.05) is 14.1 Å². The molecule has 0 amide bonds. The smallest absolute Gasteiger partial charge is 0.216 e. The van der Waals surface area contributed by atoms with E-state index in [0.717, 1.165) is 17.9 Å². The van der Waals surface area contributed by atoms with Crippen LogP contribution in [-0.4, -0.2) is 47.7 Å². The minimum Gasteiger partial charge on any atom is -0.378 e. The molecule has 1 aliphatic rings. The van der Waals surface area contributed by atoms with Gasteiger partial charge in [-0.1, -0.05) is 23.9 Å². The molecule has 1 aromatic carbocycles. The third-order valence-electron chi connectivity index (χ3n) is 3.45. The summed E-state index contributed by atoms with van der Waals surface area (Å²) in [7, 11) is 4.06. The van der Waals surface area contributed by atoms with Gasteiger partial charge in [0.25, 0.3) is 0 Å². The molecule has 0 radical (unpaired) electrons. The fourth-order valence-corrected chi connectivity index (χ4v) is 3.06. The summed E-state index contributed by atoms with van der Waals surface area (Å²) in [6.45, 7) is 0.813. The van der Waals surface area contributed by atoms with Crippen LogP contribution in [0, 0.1) is 0 Å². The Morgan fingerprint density at radius 3 is 2.77 bits per heavy atom. The highest BCUT2D eigenvalue weighted by atomic mass is 32.2. The Balaban J connectivity index is 1.53. The van der Waals surface area contributed by atoms with Crippen LogP contribution in [0.1, 0.15) is 11.8 Å². The average molecular weight is 320 g/mol. The molecule has 118 valence electrons. The van der Waals surface area contributed by atoms with Crippen LogP contribution in [0.5, 0.6) is 0 Å². The number of aromatic amines is 1. The number of nitrogen functional groups attached to an aromatic ring is 1. The Hall–Kier alpha value is -1.77. The van der Waals surface area contributed by atoms with E-state index >= 15 is 0 Å². The molecule has 1 aliphatic heterocycles. The van der Waals surface area contributed by atoms with E-state index in [-0.39, 0.29) is 12.3 Å². The summed E-state index contributed by atoms with van der Waals surface area (Å²) >= 11 is 1.54. The first kappa shape index (κ1) is 15.1. The van der Waals surface area contributed by atoms with Crippen molar-refractivity contribution < 1.29 is 4.74 Å². The van der Waals surface area contributed by atoms with Gasteiger partial charge in [0.2, 0.25) is 11.1 Å². The Kier molecular flexibility index (Phi) is 4.51. The lowest BCUT2D eigenvalue weighted by atomic mass is 10.2. The number of aromatic nitrogens is 3. The molecule has 0 aliphatic carbocycles. The van der Waals surface area contributed by atoms with E-state index < -0.39 is 0 Å². The molecule has 1 aromatic heterocycles. The first-order chi connectivity index (χ1) is 10.6. The van der Waals surface area contributed by atoms with Crippen LogP contribution in [0.15, 0.2) is 29.4 Å². The van der Waals surface area contributed by atoms with Crippen LogP contribution < -0.4 is 16.0 Å². The monoisotopic (exact) mass is 320 g/mol. The highest BCUT2D eigenvalue weighted by Crippen LogP contribution is 2.26. The number of benzene rings is 1. The molecule has 1 fully saturated rings. The number of ether oxygens (including phenoxy) is 1. The van der Waals surface area contributed by atoms with Crippen molar-refractivity contribution in [2.75, 3.05) is 37.0 Å². The standard InChI is InChI=1S/C14H20N6OS/c1-20(2)10-5-3-9(4-6-10)12-16-7-11(21-12)8-22-14-17-13(15)18-19-14/h3-6,11-12,16H,7-8H2,1-2H3,(H3,15,17,18,19)/t11-,12+/m0/s1. The van der Waals surface area contributed by atoms with Crippen LogP contribution in [0.2, 0.25) is 0 Å². The number of thioether (sulfide) groups is 1. The lowest BCUT2D eigenvalue weighted by molar-refractivity contribution is 0.0534. The van der Waals surface area contributed by atoms with E-state index in [2.05, 4.69) is 49.7 Å². The number of hydrogen-bond acceptors (Lipinski definition) is 7. The van der Waals surface area contributed by atoms with Gasteiger partial charge in [0, 0.05) is 32.1 Å². The number of anilines is 2. The predicted octanol–water partition coefficient (Wildman–Crippen LogP) is 1.23. The van der Waals surface area contributed by atoms with Crippen molar-refractivity contribution in [1.82, 2.24) is 20.5 Å². The first-order valence-electron chi connectivity index (χ1n) is 7.08. The van der Waals surface area contributed by atoms with Crippen molar-refractivity contribution in [3.05, 3.63) is 29.8 Å². The van der Waals surface area contributed by atoms with E-state index in [1.54, 1.807) is 0 Å². The topological polar surface area (TPSA) is 92.1 Å². The molecule has 4 N–H and O–H groups in total. The summed E-state index contributed by atoms with van der Waals surface area (Å²) in [5, 5.41) is 10.7. The minimum atomic E-state index is -0.0565. The van der Waals surface area contributed by atoms with Crippen molar-refractivity contribution in [3.63, 3.8) is 0 Å². The molecule has 3 rings (SSSR count). The Bertz CT molecular complexity index is 614. The SMILES string of the molecule is CN(C)c1ccc([C@@H]2NC[C@@H](CSc3n[nH]c(N)n3)O2)cc1. The molecule has 2 atom stereocenters. The van der Waals surface area contributed by atoms with Gasteiger partial charge in [-0.25, -0.2) is 5.10 Å². The Morgan fingerprint density at radius 2 is 2.14 bits per heavy atom. The van der Waals surface area contributed by atoms with E-state index in [0.29, 0.717) is 11.1 Å². The average Bonchev–Trinajstić information content (AvgIpc) is 3.14. The fraction of sp³-hybridized carbons (Fsp3) is 0.429. The van der Waals surface area contributed by atoms with E-state index in [4.69, 9.17) is 10.5 Å². The number of nitrogens with two attached hydrogens (primary N) is 1. The molecule has 7 nitrogen and oxygen atoms in total. The third kappa shape index (κ3) is 3.52. The van der Waals surface area contributed by atoms with Crippen molar-refractivity contribution in [2.24, 2.45) is 0 Å². The number of nitrogens with zero attached hydrogens (tertiary/aromatic N) is 3. The number of nitrogens with one attached hydrogen (secondary N) is 2. The zero-order valence-corrected chi connectivity index (χ0v) is 13.4. The van der Waals surface area contributed by atoms with Crippen LogP contribution in [0.4, 0.5) is 11.6 Å². The maximum Gasteiger partial charge on any atom is 0.216 e. The lowest BCUT2D eigenvalue weighted by Crippen LogP contribution is -2.17. The fourth-order valence-electron chi connectivity index (χ4n) is 2.26. The Morgan fingerprint density at radius 1 is 1.36 bits per heavy atom. The van der Waals surface area contributed by atoms with E-state index in [9.17, 15) is 0 Å². The maximum absolute atomic E-state index is 6.03. The molecule has 0 bridgehead atoms. The summed E-state index contributed by atoms with van der Waals surface area (Å²) < 4.78 is 6.03. The van der Waals surface area contributed by atoms with Gasteiger partial charge in [0.1, 0.15) is 6.23 Å². The van der Waals surface area contributed by atoms with Crippen LogP contribution in [-0.2, 0) is 4.74 Å². The van der Waals surface area contributed by atoms with Gasteiger partial charge in [-0.3, -0.25) is 5.32 Å². The number of H-pyrrole nitrogens is 1. The normalized spacial score (nSPS) is 21.2. The molecule has 2 heterocycles. The second-order valence-corrected chi connectivity index (χ2v) is 6.33. The maximum atomic E-state index is 6.03. The van der Waals surface area contributed by atoms with Gasteiger partial charge in [0.05, 0.1) is 6.10 Å². The first-order valence-corrected chi connectivity index (χ1v) is 8.07. The van der Waals surface area contributed by atoms with Crippen LogP contribution >= 0.6 is 11.8 Å². The zero-order chi connectivity index (χ0) is 15.5. The second kappa shape index (κ2) is 6.55. The molecule has 0 saturated carbocycles. The number of rotatable bonds is 5. The predicted molar refractivity (Wildman–Crippen MR) is 87.9 cm³/mol. The molecule has 0 spiro atoms. The minimum absolute atomic E-state index is 0.0565. The second-order valence-electron chi connectivity index (χ2n) is 5.35. The van der Waals surface area contributed by atoms with Gasteiger partial charge >= 0.3 is 0 Å². The summed E-state index contributed by atoms with van der Waals surface area (Å²) in [4.78, 5) is 6.15. The summed E-state index contributed by atoms with van der Waals surface area (Å²) in [5.41, 5.74) is 7.82. The largest absolute Gasteiger partial charge is 0.378 e. The van der Waals surface area contributed by atoms with E-state index in [1.165, 1.54) is 17.4 Å². The molecule has 0 unspecified atom stereocenters. The lowest BCUT2D eigenvalue weighted by Gasteiger charge is -2.16. The summed E-state index contributed by atoms with van der Waals surface area (Å²) in [6, 6.07) is 8.38. The number of hydrogen-bond donors (Lipinski definition) is 3. The molecule has 8 heteroatoms. The van der Waals surface area contributed by atoms with Crippen molar-refractivity contribution in [1.29, 1.82) is 0 Å². The Labute approximate surface area is 133 Å². The molecule has 2 aromatic rings. The van der Waals surface area contributed by atoms with Gasteiger partial charge in [-0.15, -0.1) is 5.10 Å². The van der Waals surface area contributed by atoms with Gasteiger partial charge in [0.15, 0.2) is 0 Å². The molecule has 1 saturated heterocycles. The third-order valence-corrected chi connectivity index (χ3v) is 4.43. The quantitative estimate of drug-likeness (QED) is 0.714. The molecular weight excluding hydrogens is 300 g/mol. The van der Waals surface area contributed by atoms with Gasteiger partial charge < -0.3 is 15.4 Å². The van der Waals surface area contributed by atoms with Crippen LogP contribution in [0.3, 0.4) is 0 Å². The summed E-state index contributed by atoms with van der Waals surface area (Å²) in [5.74, 6) is 1.13. The molecule has 22 heavy (non-hydrogen) atoms. The van der Waals surface area contributed by atoms with Crippen molar-refractivity contribution >= 4 is 23.4 Å². The van der Waals surface area contributed by atoms with Crippen molar-refractivity contribution in [3.8, 4) is 0 Å². The highest BCUT2D eigenvalue weighted by molar-refractivity contribution is 7.99.